The highest BCUT2D eigenvalue weighted by molar-refractivity contribution is 5.77. The Labute approximate surface area is 130 Å². The van der Waals surface area contributed by atoms with Crippen LogP contribution in [0.3, 0.4) is 0 Å². The zero-order valence-electron chi connectivity index (χ0n) is 12.9. The van der Waals surface area contributed by atoms with E-state index < -0.39 is 0 Å². The summed E-state index contributed by atoms with van der Waals surface area (Å²) in [5.74, 6) is -0.249. The van der Waals surface area contributed by atoms with E-state index in [9.17, 15) is 9.18 Å². The molecule has 1 aliphatic rings. The molecule has 22 heavy (non-hydrogen) atoms. The van der Waals surface area contributed by atoms with Crippen molar-refractivity contribution in [1.29, 1.82) is 0 Å². The molecule has 2 nitrogen and oxygen atoms in total. The highest BCUT2D eigenvalue weighted by Gasteiger charge is 2.28. The van der Waals surface area contributed by atoms with E-state index in [1.165, 1.54) is 17.7 Å². The molecule has 1 aliphatic heterocycles. The standard InChI is InChI=1S/C19H20FNO/c1-19(2)8-9-21-18-11-14(7-10-22)16(12-17(18)19)13-3-5-15(20)6-4-13/h3-6,10-12,21H,7-9H2,1-2H3. The fourth-order valence-electron chi connectivity index (χ4n) is 3.15. The van der Waals surface area contributed by atoms with Crippen LogP contribution in [0.25, 0.3) is 11.1 Å². The van der Waals surface area contributed by atoms with Crippen LogP contribution in [0.2, 0.25) is 0 Å². The zero-order chi connectivity index (χ0) is 15.7. The van der Waals surface area contributed by atoms with E-state index in [-0.39, 0.29) is 11.2 Å². The van der Waals surface area contributed by atoms with Gasteiger partial charge in [0.1, 0.15) is 12.1 Å². The third-order valence-corrected chi connectivity index (χ3v) is 4.50. The molecule has 0 bridgehead atoms. The van der Waals surface area contributed by atoms with Crippen molar-refractivity contribution >= 4 is 12.0 Å². The van der Waals surface area contributed by atoms with Gasteiger partial charge in [0.15, 0.2) is 0 Å². The fraction of sp³-hybridized carbons (Fsp3) is 0.316. The number of anilines is 1. The number of hydrogen-bond acceptors (Lipinski definition) is 2. The molecule has 3 rings (SSSR count). The summed E-state index contributed by atoms with van der Waals surface area (Å²) in [4.78, 5) is 11.0. The Kier molecular flexibility index (Phi) is 3.73. The van der Waals surface area contributed by atoms with Crippen molar-refractivity contribution in [1.82, 2.24) is 0 Å². The maximum atomic E-state index is 13.2. The fourth-order valence-corrected chi connectivity index (χ4v) is 3.15. The largest absolute Gasteiger partial charge is 0.385 e. The van der Waals surface area contributed by atoms with Crippen molar-refractivity contribution in [3.63, 3.8) is 0 Å². The monoisotopic (exact) mass is 297 g/mol. The average Bonchev–Trinajstić information content (AvgIpc) is 2.48. The molecule has 0 radical (unpaired) electrons. The van der Waals surface area contributed by atoms with E-state index in [0.717, 1.165) is 41.6 Å². The molecule has 0 atom stereocenters. The van der Waals surface area contributed by atoms with Crippen molar-refractivity contribution in [3.05, 3.63) is 53.3 Å². The van der Waals surface area contributed by atoms with Crippen molar-refractivity contribution in [2.24, 2.45) is 0 Å². The molecule has 0 unspecified atom stereocenters. The maximum absolute atomic E-state index is 13.2. The minimum absolute atomic E-state index is 0.0923. The first-order chi connectivity index (χ1) is 10.5. The van der Waals surface area contributed by atoms with Crippen LogP contribution in [0.5, 0.6) is 0 Å². The lowest BCUT2D eigenvalue weighted by atomic mass is 9.76. The molecule has 0 saturated carbocycles. The highest BCUT2D eigenvalue weighted by atomic mass is 19.1. The van der Waals surface area contributed by atoms with Gasteiger partial charge in [-0.25, -0.2) is 4.39 Å². The Morgan fingerprint density at radius 1 is 1.23 bits per heavy atom. The van der Waals surface area contributed by atoms with Crippen LogP contribution >= 0.6 is 0 Å². The van der Waals surface area contributed by atoms with Gasteiger partial charge in [-0.05, 0) is 58.4 Å². The van der Waals surface area contributed by atoms with Crippen LogP contribution < -0.4 is 5.32 Å². The van der Waals surface area contributed by atoms with Gasteiger partial charge in [0.25, 0.3) is 0 Å². The predicted molar refractivity (Wildman–Crippen MR) is 87.7 cm³/mol. The van der Waals surface area contributed by atoms with E-state index >= 15 is 0 Å². The summed E-state index contributed by atoms with van der Waals surface area (Å²) in [6.07, 6.45) is 2.35. The molecule has 0 fully saturated rings. The number of aldehydes is 1. The third-order valence-electron chi connectivity index (χ3n) is 4.50. The lowest BCUT2D eigenvalue weighted by molar-refractivity contribution is -0.107. The van der Waals surface area contributed by atoms with E-state index in [4.69, 9.17) is 0 Å². The molecule has 2 aromatic rings. The Bertz CT molecular complexity index is 704. The van der Waals surface area contributed by atoms with Crippen LogP contribution in [0, 0.1) is 5.82 Å². The van der Waals surface area contributed by atoms with Gasteiger partial charge in [-0.3, -0.25) is 0 Å². The van der Waals surface area contributed by atoms with Crippen molar-refractivity contribution in [2.75, 3.05) is 11.9 Å². The summed E-state index contributed by atoms with van der Waals surface area (Å²) in [6.45, 7) is 5.41. The number of hydrogen-bond donors (Lipinski definition) is 1. The van der Waals surface area contributed by atoms with Crippen molar-refractivity contribution in [2.45, 2.75) is 32.1 Å². The quantitative estimate of drug-likeness (QED) is 0.854. The molecule has 0 saturated heterocycles. The molecular formula is C19H20FNO. The lowest BCUT2D eigenvalue weighted by Crippen LogP contribution is -2.28. The van der Waals surface area contributed by atoms with Gasteiger partial charge in [0.05, 0.1) is 0 Å². The molecule has 3 heteroatoms. The molecule has 0 aliphatic carbocycles. The van der Waals surface area contributed by atoms with Crippen LogP contribution in [-0.4, -0.2) is 12.8 Å². The van der Waals surface area contributed by atoms with Crippen molar-refractivity contribution < 1.29 is 9.18 Å². The summed E-state index contributed by atoms with van der Waals surface area (Å²) in [5, 5.41) is 3.43. The minimum Gasteiger partial charge on any atom is -0.385 e. The lowest BCUT2D eigenvalue weighted by Gasteiger charge is -2.34. The Morgan fingerprint density at radius 3 is 2.64 bits per heavy atom. The smallest absolute Gasteiger partial charge is 0.124 e. The first-order valence-corrected chi connectivity index (χ1v) is 7.62. The second-order valence-corrected chi connectivity index (χ2v) is 6.49. The van der Waals surface area contributed by atoms with Gasteiger partial charge in [-0.15, -0.1) is 0 Å². The third kappa shape index (κ3) is 2.63. The minimum atomic E-state index is -0.249. The summed E-state index contributed by atoms with van der Waals surface area (Å²) in [7, 11) is 0. The maximum Gasteiger partial charge on any atom is 0.124 e. The van der Waals surface area contributed by atoms with Gasteiger partial charge in [-0.1, -0.05) is 26.0 Å². The van der Waals surface area contributed by atoms with Crippen LogP contribution in [0.15, 0.2) is 36.4 Å². The average molecular weight is 297 g/mol. The second-order valence-electron chi connectivity index (χ2n) is 6.49. The Hall–Kier alpha value is -2.16. The van der Waals surface area contributed by atoms with Gasteiger partial charge in [0, 0.05) is 18.7 Å². The van der Waals surface area contributed by atoms with Gasteiger partial charge < -0.3 is 10.1 Å². The number of carbonyl (C=O) groups excluding carboxylic acids is 1. The molecule has 1 N–H and O–H groups in total. The summed E-state index contributed by atoms with van der Waals surface area (Å²) < 4.78 is 13.2. The highest BCUT2D eigenvalue weighted by Crippen LogP contribution is 2.40. The summed E-state index contributed by atoms with van der Waals surface area (Å²) in [5.41, 5.74) is 5.40. The van der Waals surface area contributed by atoms with Gasteiger partial charge in [-0.2, -0.15) is 0 Å². The Balaban J connectivity index is 2.19. The van der Waals surface area contributed by atoms with Crippen molar-refractivity contribution in [3.8, 4) is 11.1 Å². The summed E-state index contributed by atoms with van der Waals surface area (Å²) in [6, 6.07) is 10.7. The van der Waals surface area contributed by atoms with Crippen LogP contribution in [0.1, 0.15) is 31.4 Å². The van der Waals surface area contributed by atoms with E-state index in [1.807, 2.05) is 0 Å². The van der Waals surface area contributed by atoms with E-state index in [1.54, 1.807) is 12.1 Å². The van der Waals surface area contributed by atoms with Gasteiger partial charge >= 0.3 is 0 Å². The number of fused-ring (bicyclic) bond motifs is 1. The number of carbonyl (C=O) groups is 1. The number of benzene rings is 2. The number of halogens is 1. The first-order valence-electron chi connectivity index (χ1n) is 7.62. The predicted octanol–water partition coefficient (Wildman–Crippen LogP) is 4.33. The Morgan fingerprint density at radius 2 is 1.95 bits per heavy atom. The SMILES string of the molecule is CC1(C)CCNc2cc(CC=O)c(-c3ccc(F)cc3)cc21. The molecule has 2 aromatic carbocycles. The molecular weight excluding hydrogens is 277 g/mol. The molecule has 114 valence electrons. The van der Waals surface area contributed by atoms with E-state index in [0.29, 0.717) is 6.42 Å². The van der Waals surface area contributed by atoms with Gasteiger partial charge in [0.2, 0.25) is 0 Å². The summed E-state index contributed by atoms with van der Waals surface area (Å²) >= 11 is 0. The zero-order valence-corrected chi connectivity index (χ0v) is 12.9. The topological polar surface area (TPSA) is 29.1 Å². The van der Waals surface area contributed by atoms with Crippen LogP contribution in [-0.2, 0) is 16.6 Å². The number of nitrogens with one attached hydrogen (secondary N) is 1. The van der Waals surface area contributed by atoms with Crippen LogP contribution in [0.4, 0.5) is 10.1 Å². The van der Waals surface area contributed by atoms with E-state index in [2.05, 4.69) is 31.3 Å². The molecule has 0 spiro atoms. The molecule has 0 amide bonds. The first kappa shape index (κ1) is 14.8. The normalized spacial score (nSPS) is 15.8. The molecule has 0 aromatic heterocycles. The number of rotatable bonds is 3. The molecule has 1 heterocycles. The second kappa shape index (κ2) is 5.56.